The SMILES string of the molecule is COc1ccc(O[C@H](C)C(=O)NS(=O)(=O)c2ccc(Cl)s2)cc1. The van der Waals surface area contributed by atoms with Gasteiger partial charge in [0.2, 0.25) is 0 Å². The van der Waals surface area contributed by atoms with Gasteiger partial charge < -0.3 is 9.47 Å². The second-order valence-electron chi connectivity index (χ2n) is 4.46. The number of thiophene rings is 1. The number of benzene rings is 1. The minimum absolute atomic E-state index is 0.0347. The third-order valence-electron chi connectivity index (χ3n) is 2.79. The maximum Gasteiger partial charge on any atom is 0.274 e. The Labute approximate surface area is 143 Å². The summed E-state index contributed by atoms with van der Waals surface area (Å²) in [6, 6.07) is 9.36. The first-order valence-electron chi connectivity index (χ1n) is 6.44. The second-order valence-corrected chi connectivity index (χ2v) is 8.09. The lowest BCUT2D eigenvalue weighted by molar-refractivity contribution is -0.125. The van der Waals surface area contributed by atoms with Crippen molar-refractivity contribution in [1.82, 2.24) is 4.72 Å². The zero-order chi connectivity index (χ0) is 17.0. The third kappa shape index (κ3) is 4.60. The largest absolute Gasteiger partial charge is 0.497 e. The Hall–Kier alpha value is -1.77. The number of hydrogen-bond acceptors (Lipinski definition) is 6. The van der Waals surface area contributed by atoms with Crippen molar-refractivity contribution in [2.45, 2.75) is 17.2 Å². The standard InChI is InChI=1S/C14H14ClNO5S2/c1-9(21-11-5-3-10(20-2)4-6-11)14(17)16-23(18,19)13-8-7-12(15)22-13/h3-9H,1-2H3,(H,16,17)/t9-/m1/s1. The quantitative estimate of drug-likeness (QED) is 0.839. The molecule has 2 aromatic rings. The maximum absolute atomic E-state index is 12.0. The Kier molecular flexibility index (Phi) is 5.51. The van der Waals surface area contributed by atoms with Crippen molar-refractivity contribution in [1.29, 1.82) is 0 Å². The highest BCUT2D eigenvalue weighted by Crippen LogP contribution is 2.25. The van der Waals surface area contributed by atoms with Gasteiger partial charge in [-0.1, -0.05) is 11.6 Å². The summed E-state index contributed by atoms with van der Waals surface area (Å²) in [5.74, 6) is 0.293. The summed E-state index contributed by atoms with van der Waals surface area (Å²) in [5.41, 5.74) is 0. The van der Waals surface area contributed by atoms with E-state index < -0.39 is 22.0 Å². The first-order chi connectivity index (χ1) is 10.8. The van der Waals surface area contributed by atoms with Crippen LogP contribution in [0, 0.1) is 0 Å². The van der Waals surface area contributed by atoms with E-state index in [2.05, 4.69) is 0 Å². The molecule has 23 heavy (non-hydrogen) atoms. The van der Waals surface area contributed by atoms with Crippen molar-refractivity contribution in [3.8, 4) is 11.5 Å². The van der Waals surface area contributed by atoms with Crippen molar-refractivity contribution in [3.05, 3.63) is 40.7 Å². The lowest BCUT2D eigenvalue weighted by Gasteiger charge is -2.14. The molecule has 1 aromatic carbocycles. The Balaban J connectivity index is 2.01. The van der Waals surface area contributed by atoms with Crippen molar-refractivity contribution in [2.24, 2.45) is 0 Å². The van der Waals surface area contributed by atoms with Crippen molar-refractivity contribution >= 4 is 38.9 Å². The van der Waals surface area contributed by atoms with Crippen LogP contribution in [0.5, 0.6) is 11.5 Å². The Bertz CT molecular complexity index is 786. The number of hydrogen-bond donors (Lipinski definition) is 1. The third-order valence-corrected chi connectivity index (χ3v) is 5.86. The van der Waals surface area contributed by atoms with Crippen LogP contribution in [0.2, 0.25) is 4.34 Å². The highest BCUT2D eigenvalue weighted by Gasteiger charge is 2.24. The fourth-order valence-electron chi connectivity index (χ4n) is 1.62. The lowest BCUT2D eigenvalue weighted by Crippen LogP contribution is -2.39. The number of rotatable bonds is 6. The molecule has 1 N–H and O–H groups in total. The Morgan fingerprint density at radius 1 is 1.17 bits per heavy atom. The number of sulfonamides is 1. The molecule has 0 spiro atoms. The lowest BCUT2D eigenvalue weighted by atomic mass is 10.3. The van der Waals surface area contributed by atoms with E-state index >= 15 is 0 Å². The molecule has 0 aliphatic carbocycles. The minimum Gasteiger partial charge on any atom is -0.497 e. The zero-order valence-electron chi connectivity index (χ0n) is 12.3. The molecule has 0 unspecified atom stereocenters. The number of methoxy groups -OCH3 is 1. The van der Waals surface area contributed by atoms with Gasteiger partial charge in [-0.15, -0.1) is 11.3 Å². The normalized spacial score (nSPS) is 12.5. The van der Waals surface area contributed by atoms with E-state index in [4.69, 9.17) is 21.1 Å². The van der Waals surface area contributed by atoms with Gasteiger partial charge >= 0.3 is 0 Å². The van der Waals surface area contributed by atoms with Crippen molar-refractivity contribution in [3.63, 3.8) is 0 Å². The number of carbonyl (C=O) groups is 1. The molecule has 2 rings (SSSR count). The highest BCUT2D eigenvalue weighted by atomic mass is 35.5. The Morgan fingerprint density at radius 3 is 2.30 bits per heavy atom. The predicted octanol–water partition coefficient (Wildman–Crippen LogP) is 2.68. The molecule has 0 bridgehead atoms. The number of nitrogens with one attached hydrogen (secondary N) is 1. The molecule has 1 amide bonds. The van der Waals surface area contributed by atoms with Gasteiger partial charge in [-0.3, -0.25) is 4.79 Å². The molecular weight excluding hydrogens is 362 g/mol. The van der Waals surface area contributed by atoms with Gasteiger partial charge in [-0.25, -0.2) is 13.1 Å². The number of ether oxygens (including phenoxy) is 2. The molecule has 0 radical (unpaired) electrons. The van der Waals surface area contributed by atoms with Gasteiger partial charge in [0.05, 0.1) is 11.4 Å². The van der Waals surface area contributed by atoms with E-state index in [9.17, 15) is 13.2 Å². The van der Waals surface area contributed by atoms with E-state index in [0.717, 1.165) is 11.3 Å². The summed E-state index contributed by atoms with van der Waals surface area (Å²) in [5, 5.41) is 0. The molecule has 9 heteroatoms. The minimum atomic E-state index is -3.95. The molecule has 1 heterocycles. The molecule has 1 aromatic heterocycles. The topological polar surface area (TPSA) is 81.7 Å². The van der Waals surface area contributed by atoms with Crippen LogP contribution >= 0.6 is 22.9 Å². The summed E-state index contributed by atoms with van der Waals surface area (Å²) in [4.78, 5) is 12.0. The van der Waals surface area contributed by atoms with E-state index in [1.807, 2.05) is 4.72 Å². The fraction of sp³-hybridized carbons (Fsp3) is 0.214. The van der Waals surface area contributed by atoms with Crippen molar-refractivity contribution < 1.29 is 22.7 Å². The summed E-state index contributed by atoms with van der Waals surface area (Å²) in [7, 11) is -2.42. The molecule has 6 nitrogen and oxygen atoms in total. The Morgan fingerprint density at radius 2 is 1.78 bits per heavy atom. The van der Waals surface area contributed by atoms with E-state index in [0.29, 0.717) is 15.8 Å². The smallest absolute Gasteiger partial charge is 0.274 e. The summed E-state index contributed by atoms with van der Waals surface area (Å²) < 4.78 is 36.8. The first kappa shape index (κ1) is 17.6. The van der Waals surface area contributed by atoms with Crippen LogP contribution in [0.1, 0.15) is 6.92 Å². The van der Waals surface area contributed by atoms with Gasteiger partial charge in [0.15, 0.2) is 6.10 Å². The molecular formula is C14H14ClNO5S2. The van der Waals surface area contributed by atoms with Crippen LogP contribution in [-0.4, -0.2) is 27.5 Å². The monoisotopic (exact) mass is 375 g/mol. The molecule has 0 aliphatic heterocycles. The first-order valence-corrected chi connectivity index (χ1v) is 9.12. The fourth-order valence-corrected chi connectivity index (χ4v) is 4.15. The van der Waals surface area contributed by atoms with Gasteiger partial charge in [0, 0.05) is 0 Å². The molecule has 0 aliphatic rings. The predicted molar refractivity (Wildman–Crippen MR) is 87.7 cm³/mol. The maximum atomic E-state index is 12.0. The van der Waals surface area contributed by atoms with E-state index in [1.165, 1.54) is 26.2 Å². The zero-order valence-corrected chi connectivity index (χ0v) is 14.7. The van der Waals surface area contributed by atoms with Crippen LogP contribution in [0.3, 0.4) is 0 Å². The van der Waals surface area contributed by atoms with Crippen LogP contribution in [0.4, 0.5) is 0 Å². The van der Waals surface area contributed by atoms with Crippen LogP contribution < -0.4 is 14.2 Å². The molecule has 0 fully saturated rings. The summed E-state index contributed by atoms with van der Waals surface area (Å²) >= 11 is 6.57. The number of amides is 1. The van der Waals surface area contributed by atoms with Gasteiger partial charge in [-0.2, -0.15) is 0 Å². The summed E-state index contributed by atoms with van der Waals surface area (Å²) in [6.45, 7) is 1.45. The molecule has 124 valence electrons. The van der Waals surface area contributed by atoms with Gasteiger partial charge in [0.1, 0.15) is 15.7 Å². The number of halogens is 1. The highest BCUT2D eigenvalue weighted by molar-refractivity contribution is 7.92. The average Bonchev–Trinajstić information content (AvgIpc) is 2.95. The van der Waals surface area contributed by atoms with Gasteiger partial charge in [0.25, 0.3) is 15.9 Å². The van der Waals surface area contributed by atoms with Crippen LogP contribution in [0.15, 0.2) is 40.6 Å². The van der Waals surface area contributed by atoms with E-state index in [-0.39, 0.29) is 4.21 Å². The van der Waals surface area contributed by atoms with Crippen LogP contribution in [-0.2, 0) is 14.8 Å². The average molecular weight is 376 g/mol. The molecule has 0 saturated heterocycles. The number of carbonyl (C=O) groups excluding carboxylic acids is 1. The van der Waals surface area contributed by atoms with Crippen molar-refractivity contribution in [2.75, 3.05) is 7.11 Å². The molecule has 1 atom stereocenters. The molecule has 0 saturated carbocycles. The second kappa shape index (κ2) is 7.20. The van der Waals surface area contributed by atoms with Crippen LogP contribution in [0.25, 0.3) is 0 Å². The summed E-state index contributed by atoms with van der Waals surface area (Å²) in [6.07, 6.45) is -0.992. The van der Waals surface area contributed by atoms with Gasteiger partial charge in [-0.05, 0) is 43.3 Å². The van der Waals surface area contributed by atoms with E-state index in [1.54, 1.807) is 24.3 Å².